The highest BCUT2D eigenvalue weighted by Crippen LogP contribution is 2.23. The third-order valence-electron chi connectivity index (χ3n) is 4.08. The van der Waals surface area contributed by atoms with Gasteiger partial charge in [0.15, 0.2) is 0 Å². The molecule has 1 saturated carbocycles. The van der Waals surface area contributed by atoms with Gasteiger partial charge in [0.25, 0.3) is 0 Å². The summed E-state index contributed by atoms with van der Waals surface area (Å²) in [6, 6.07) is 0.446. The molecule has 1 rings (SSSR count). The van der Waals surface area contributed by atoms with Gasteiger partial charge in [-0.25, -0.2) is 0 Å². The highest BCUT2D eigenvalue weighted by Gasteiger charge is 2.21. The summed E-state index contributed by atoms with van der Waals surface area (Å²) in [5.41, 5.74) is 6.26. The Morgan fingerprint density at radius 3 is 2.62 bits per heavy atom. The van der Waals surface area contributed by atoms with Gasteiger partial charge in [-0.05, 0) is 31.7 Å². The average Bonchev–Trinajstić information content (AvgIpc) is 2.44. The van der Waals surface area contributed by atoms with E-state index in [0.717, 1.165) is 11.8 Å². The Kier molecular flexibility index (Phi) is 6.37. The third kappa shape index (κ3) is 4.84. The van der Waals surface area contributed by atoms with E-state index in [1.165, 1.54) is 51.6 Å². The van der Waals surface area contributed by atoms with Crippen LogP contribution in [-0.4, -0.2) is 31.1 Å². The number of hydrogen-bond donors (Lipinski definition) is 1. The van der Waals surface area contributed by atoms with Crippen LogP contribution in [0.3, 0.4) is 0 Å². The van der Waals surface area contributed by atoms with Gasteiger partial charge in [0, 0.05) is 19.1 Å². The summed E-state index contributed by atoms with van der Waals surface area (Å²) in [6.07, 6.45) is 7.97. The molecule has 0 amide bonds. The largest absolute Gasteiger partial charge is 0.327 e. The molecule has 0 aromatic carbocycles. The molecule has 1 aliphatic rings. The van der Waals surface area contributed by atoms with Crippen molar-refractivity contribution in [2.24, 2.45) is 17.6 Å². The predicted octanol–water partition coefficient (Wildman–Crippen LogP) is 2.87. The maximum absolute atomic E-state index is 6.26. The summed E-state index contributed by atoms with van der Waals surface area (Å²) in [5, 5.41) is 0. The Bertz CT molecular complexity index is 182. The fourth-order valence-corrected chi connectivity index (χ4v) is 2.78. The summed E-state index contributed by atoms with van der Waals surface area (Å²) in [6.45, 7) is 7.03. The van der Waals surface area contributed by atoms with Crippen LogP contribution in [0.25, 0.3) is 0 Å². The van der Waals surface area contributed by atoms with E-state index in [0.29, 0.717) is 6.04 Å². The van der Waals surface area contributed by atoms with Gasteiger partial charge in [-0.1, -0.05) is 39.5 Å². The van der Waals surface area contributed by atoms with Crippen LogP contribution in [0.2, 0.25) is 0 Å². The Morgan fingerprint density at radius 2 is 1.94 bits per heavy atom. The first kappa shape index (κ1) is 14.0. The Hall–Kier alpha value is -0.0800. The van der Waals surface area contributed by atoms with E-state index >= 15 is 0 Å². The third-order valence-corrected chi connectivity index (χ3v) is 4.08. The summed E-state index contributed by atoms with van der Waals surface area (Å²) < 4.78 is 0. The topological polar surface area (TPSA) is 29.3 Å². The molecule has 0 saturated heterocycles. The second kappa shape index (κ2) is 7.29. The minimum Gasteiger partial charge on any atom is -0.327 e. The SMILES string of the molecule is CCC(C)CN(C)CC1CCCCCC1N. The quantitative estimate of drug-likeness (QED) is 0.730. The number of hydrogen-bond acceptors (Lipinski definition) is 2. The normalized spacial score (nSPS) is 29.1. The highest BCUT2D eigenvalue weighted by atomic mass is 15.1. The average molecular weight is 226 g/mol. The first-order chi connectivity index (χ1) is 7.63. The molecule has 2 nitrogen and oxygen atoms in total. The second-order valence-corrected chi connectivity index (χ2v) is 5.80. The lowest BCUT2D eigenvalue weighted by Crippen LogP contribution is -2.38. The van der Waals surface area contributed by atoms with Crippen molar-refractivity contribution >= 4 is 0 Å². The van der Waals surface area contributed by atoms with Crippen LogP contribution in [0.15, 0.2) is 0 Å². The molecule has 0 radical (unpaired) electrons. The van der Waals surface area contributed by atoms with Crippen molar-refractivity contribution in [3.63, 3.8) is 0 Å². The van der Waals surface area contributed by atoms with Crippen LogP contribution in [-0.2, 0) is 0 Å². The number of nitrogens with zero attached hydrogens (tertiary/aromatic N) is 1. The minimum atomic E-state index is 0.446. The molecule has 1 aliphatic carbocycles. The van der Waals surface area contributed by atoms with Crippen molar-refractivity contribution in [3.8, 4) is 0 Å². The molecular weight excluding hydrogens is 196 g/mol. The molecule has 3 atom stereocenters. The zero-order valence-corrected chi connectivity index (χ0v) is 11.4. The van der Waals surface area contributed by atoms with Gasteiger partial charge in [0.2, 0.25) is 0 Å². The molecule has 1 fully saturated rings. The van der Waals surface area contributed by atoms with Crippen molar-refractivity contribution in [2.75, 3.05) is 20.1 Å². The smallest absolute Gasteiger partial charge is 0.00793 e. The first-order valence-electron chi connectivity index (χ1n) is 7.07. The second-order valence-electron chi connectivity index (χ2n) is 5.80. The Balaban J connectivity index is 2.32. The van der Waals surface area contributed by atoms with Crippen LogP contribution >= 0.6 is 0 Å². The predicted molar refractivity (Wildman–Crippen MR) is 71.5 cm³/mol. The lowest BCUT2D eigenvalue weighted by molar-refractivity contribution is 0.217. The van der Waals surface area contributed by atoms with Gasteiger partial charge in [-0.2, -0.15) is 0 Å². The Labute approximate surface area is 102 Å². The number of nitrogens with two attached hydrogens (primary N) is 1. The molecular formula is C14H30N2. The molecule has 0 spiro atoms. The zero-order chi connectivity index (χ0) is 12.0. The van der Waals surface area contributed by atoms with E-state index < -0.39 is 0 Å². The molecule has 2 N–H and O–H groups in total. The first-order valence-corrected chi connectivity index (χ1v) is 7.07. The van der Waals surface area contributed by atoms with Crippen molar-refractivity contribution in [1.29, 1.82) is 0 Å². The van der Waals surface area contributed by atoms with Gasteiger partial charge >= 0.3 is 0 Å². The maximum atomic E-state index is 6.26. The van der Waals surface area contributed by atoms with Crippen LogP contribution in [0, 0.1) is 11.8 Å². The van der Waals surface area contributed by atoms with E-state index in [1.54, 1.807) is 0 Å². The molecule has 0 heterocycles. The van der Waals surface area contributed by atoms with Gasteiger partial charge in [0.05, 0.1) is 0 Å². The van der Waals surface area contributed by atoms with Crippen molar-refractivity contribution in [3.05, 3.63) is 0 Å². The maximum Gasteiger partial charge on any atom is 0.00793 e. The number of rotatable bonds is 5. The van der Waals surface area contributed by atoms with E-state index in [-0.39, 0.29) is 0 Å². The highest BCUT2D eigenvalue weighted by molar-refractivity contribution is 4.78. The van der Waals surface area contributed by atoms with Crippen LogP contribution < -0.4 is 5.73 Å². The van der Waals surface area contributed by atoms with Crippen LogP contribution in [0.4, 0.5) is 0 Å². The Morgan fingerprint density at radius 1 is 1.25 bits per heavy atom. The fourth-order valence-electron chi connectivity index (χ4n) is 2.78. The summed E-state index contributed by atoms with van der Waals surface area (Å²) >= 11 is 0. The van der Waals surface area contributed by atoms with Crippen molar-refractivity contribution < 1.29 is 0 Å². The van der Waals surface area contributed by atoms with Crippen LogP contribution in [0.5, 0.6) is 0 Å². The summed E-state index contributed by atoms with van der Waals surface area (Å²) in [7, 11) is 2.25. The van der Waals surface area contributed by atoms with E-state index in [4.69, 9.17) is 5.73 Å². The molecule has 2 heteroatoms. The van der Waals surface area contributed by atoms with E-state index in [9.17, 15) is 0 Å². The molecule has 0 bridgehead atoms. The zero-order valence-electron chi connectivity index (χ0n) is 11.4. The molecule has 96 valence electrons. The molecule has 0 aliphatic heterocycles. The lowest BCUT2D eigenvalue weighted by Gasteiger charge is -2.28. The van der Waals surface area contributed by atoms with E-state index in [2.05, 4.69) is 25.8 Å². The van der Waals surface area contributed by atoms with Crippen molar-refractivity contribution in [2.45, 2.75) is 58.4 Å². The molecule has 16 heavy (non-hydrogen) atoms. The fraction of sp³-hybridized carbons (Fsp3) is 1.00. The molecule has 0 aromatic rings. The van der Waals surface area contributed by atoms with E-state index in [1.807, 2.05) is 0 Å². The minimum absolute atomic E-state index is 0.446. The lowest BCUT2D eigenvalue weighted by atomic mass is 9.94. The van der Waals surface area contributed by atoms with Crippen LogP contribution in [0.1, 0.15) is 52.4 Å². The van der Waals surface area contributed by atoms with Gasteiger partial charge in [0.1, 0.15) is 0 Å². The standard InChI is InChI=1S/C14H30N2/c1-4-12(2)10-16(3)11-13-8-6-5-7-9-14(13)15/h12-14H,4-11,15H2,1-3H3. The summed E-state index contributed by atoms with van der Waals surface area (Å²) in [5.74, 6) is 1.54. The van der Waals surface area contributed by atoms with Gasteiger partial charge < -0.3 is 10.6 Å². The van der Waals surface area contributed by atoms with Crippen molar-refractivity contribution in [1.82, 2.24) is 4.90 Å². The molecule has 0 aromatic heterocycles. The van der Waals surface area contributed by atoms with Gasteiger partial charge in [-0.3, -0.25) is 0 Å². The summed E-state index contributed by atoms with van der Waals surface area (Å²) in [4.78, 5) is 2.49. The molecule has 3 unspecified atom stereocenters. The monoisotopic (exact) mass is 226 g/mol. The van der Waals surface area contributed by atoms with Gasteiger partial charge in [-0.15, -0.1) is 0 Å².